The monoisotopic (exact) mass is 300 g/mol. The van der Waals surface area contributed by atoms with Gasteiger partial charge in [0.1, 0.15) is 0 Å². The molecule has 1 fully saturated rings. The van der Waals surface area contributed by atoms with Crippen molar-refractivity contribution in [2.75, 3.05) is 11.9 Å². The lowest BCUT2D eigenvalue weighted by atomic mass is 10.1. The summed E-state index contributed by atoms with van der Waals surface area (Å²) in [7, 11) is 0. The molecule has 110 valence electrons. The zero-order valence-electron chi connectivity index (χ0n) is 11.1. The molecule has 0 aromatic heterocycles. The maximum atomic E-state index is 12.4. The highest BCUT2D eigenvalue weighted by molar-refractivity contribution is 7.99. The molecule has 0 spiro atoms. The maximum Gasteiger partial charge on any atom is 0.288 e. The highest BCUT2D eigenvalue weighted by atomic mass is 32.2. The molecular formula is C14H18F2N2OS. The molecule has 0 aliphatic carbocycles. The first-order chi connectivity index (χ1) is 9.65. The number of para-hydroxylation sites is 1. The first-order valence-corrected chi connectivity index (χ1v) is 7.60. The summed E-state index contributed by atoms with van der Waals surface area (Å²) in [6.45, 7) is 1.01. The van der Waals surface area contributed by atoms with E-state index in [1.165, 1.54) is 0 Å². The highest BCUT2D eigenvalue weighted by Crippen LogP contribution is 2.31. The van der Waals surface area contributed by atoms with Gasteiger partial charge < -0.3 is 10.6 Å². The summed E-state index contributed by atoms with van der Waals surface area (Å²) < 4.78 is 24.9. The Hall–Kier alpha value is -1.14. The van der Waals surface area contributed by atoms with E-state index in [0.29, 0.717) is 34.8 Å². The molecule has 0 saturated carbocycles. The zero-order valence-corrected chi connectivity index (χ0v) is 11.9. The molecular weight excluding hydrogens is 282 g/mol. The van der Waals surface area contributed by atoms with Crippen molar-refractivity contribution >= 4 is 23.4 Å². The summed E-state index contributed by atoms with van der Waals surface area (Å²) in [6, 6.07) is 7.06. The Kier molecular flexibility index (Phi) is 5.79. The number of halogens is 2. The van der Waals surface area contributed by atoms with Gasteiger partial charge in [0.2, 0.25) is 5.91 Å². The van der Waals surface area contributed by atoms with Crippen molar-refractivity contribution in [1.82, 2.24) is 5.32 Å². The van der Waals surface area contributed by atoms with Crippen LogP contribution in [0, 0.1) is 0 Å². The lowest BCUT2D eigenvalue weighted by molar-refractivity contribution is -0.116. The van der Waals surface area contributed by atoms with Crippen LogP contribution in [0.25, 0.3) is 0 Å². The minimum atomic E-state index is -2.49. The van der Waals surface area contributed by atoms with E-state index in [0.717, 1.165) is 25.8 Å². The number of amides is 1. The quantitative estimate of drug-likeness (QED) is 0.790. The van der Waals surface area contributed by atoms with E-state index < -0.39 is 5.76 Å². The van der Waals surface area contributed by atoms with E-state index in [-0.39, 0.29) is 5.91 Å². The molecule has 1 amide bonds. The van der Waals surface area contributed by atoms with E-state index in [4.69, 9.17) is 0 Å². The van der Waals surface area contributed by atoms with Crippen LogP contribution in [-0.4, -0.2) is 24.3 Å². The predicted molar refractivity (Wildman–Crippen MR) is 77.2 cm³/mol. The molecule has 1 saturated heterocycles. The standard InChI is InChI=1S/C14H18F2N2OS/c15-14(16)20-12-6-2-1-5-11(12)18-13(19)8-7-10-4-3-9-17-10/h1-2,5-6,10,14,17H,3-4,7-9H2,(H,18,19). The van der Waals surface area contributed by atoms with Crippen LogP contribution in [0.5, 0.6) is 0 Å². The number of hydrogen-bond acceptors (Lipinski definition) is 3. The van der Waals surface area contributed by atoms with Crippen molar-refractivity contribution in [3.05, 3.63) is 24.3 Å². The number of benzene rings is 1. The van der Waals surface area contributed by atoms with Crippen LogP contribution in [-0.2, 0) is 4.79 Å². The summed E-state index contributed by atoms with van der Waals surface area (Å²) in [5, 5.41) is 6.05. The summed E-state index contributed by atoms with van der Waals surface area (Å²) in [5.41, 5.74) is 0.460. The molecule has 1 aromatic carbocycles. The third kappa shape index (κ3) is 4.76. The normalized spacial score (nSPS) is 18.4. The molecule has 20 heavy (non-hydrogen) atoms. The molecule has 1 aliphatic heterocycles. The Morgan fingerprint density at radius 2 is 2.25 bits per heavy atom. The molecule has 1 aliphatic rings. The molecule has 0 bridgehead atoms. The van der Waals surface area contributed by atoms with Crippen LogP contribution in [0.15, 0.2) is 29.2 Å². The van der Waals surface area contributed by atoms with Gasteiger partial charge in [0.15, 0.2) is 0 Å². The van der Waals surface area contributed by atoms with Gasteiger partial charge in [0.25, 0.3) is 5.76 Å². The summed E-state index contributed by atoms with van der Waals surface area (Å²) in [6.07, 6.45) is 3.45. The highest BCUT2D eigenvalue weighted by Gasteiger charge is 2.16. The van der Waals surface area contributed by atoms with Crippen molar-refractivity contribution < 1.29 is 13.6 Å². The Morgan fingerprint density at radius 1 is 1.45 bits per heavy atom. The minimum Gasteiger partial charge on any atom is -0.325 e. The van der Waals surface area contributed by atoms with Crippen LogP contribution >= 0.6 is 11.8 Å². The molecule has 1 atom stereocenters. The van der Waals surface area contributed by atoms with Crippen molar-refractivity contribution in [1.29, 1.82) is 0 Å². The first-order valence-electron chi connectivity index (χ1n) is 6.72. The average Bonchev–Trinajstić information content (AvgIpc) is 2.91. The van der Waals surface area contributed by atoms with Crippen molar-refractivity contribution in [3.63, 3.8) is 0 Å². The fourth-order valence-corrected chi connectivity index (χ4v) is 2.88. The second-order valence-electron chi connectivity index (χ2n) is 4.75. The van der Waals surface area contributed by atoms with Crippen LogP contribution in [0.2, 0.25) is 0 Å². The number of carbonyl (C=O) groups excluding carboxylic acids is 1. The third-order valence-electron chi connectivity index (χ3n) is 3.26. The summed E-state index contributed by atoms with van der Waals surface area (Å²) >= 11 is 0.450. The van der Waals surface area contributed by atoms with Crippen molar-refractivity contribution in [2.45, 2.75) is 42.4 Å². The number of thioether (sulfide) groups is 1. The van der Waals surface area contributed by atoms with E-state index in [2.05, 4.69) is 10.6 Å². The van der Waals surface area contributed by atoms with Crippen LogP contribution in [0.1, 0.15) is 25.7 Å². The van der Waals surface area contributed by atoms with Crippen molar-refractivity contribution in [3.8, 4) is 0 Å². The van der Waals surface area contributed by atoms with Crippen LogP contribution < -0.4 is 10.6 Å². The summed E-state index contributed by atoms with van der Waals surface area (Å²) in [4.78, 5) is 12.3. The smallest absolute Gasteiger partial charge is 0.288 e. The average molecular weight is 300 g/mol. The molecule has 2 rings (SSSR count). The van der Waals surface area contributed by atoms with E-state index in [1.54, 1.807) is 24.3 Å². The summed E-state index contributed by atoms with van der Waals surface area (Å²) in [5.74, 6) is -2.61. The fourth-order valence-electron chi connectivity index (χ4n) is 2.29. The van der Waals surface area contributed by atoms with Gasteiger partial charge in [-0.15, -0.1) is 0 Å². The SMILES string of the molecule is O=C(CCC1CCCN1)Nc1ccccc1SC(F)F. The Bertz CT molecular complexity index is 451. The van der Waals surface area contributed by atoms with Crippen LogP contribution in [0.3, 0.4) is 0 Å². The number of hydrogen-bond donors (Lipinski definition) is 2. The Balaban J connectivity index is 1.86. The first kappa shape index (κ1) is 15.3. The van der Waals surface area contributed by atoms with Gasteiger partial charge >= 0.3 is 0 Å². The topological polar surface area (TPSA) is 41.1 Å². The van der Waals surface area contributed by atoms with Gasteiger partial charge in [-0.3, -0.25) is 4.79 Å². The molecule has 6 heteroatoms. The molecule has 1 aromatic rings. The van der Waals surface area contributed by atoms with E-state index in [1.807, 2.05) is 0 Å². The number of rotatable bonds is 6. The molecule has 2 N–H and O–H groups in total. The Labute approximate surface area is 121 Å². The lowest BCUT2D eigenvalue weighted by Crippen LogP contribution is -2.23. The second-order valence-corrected chi connectivity index (χ2v) is 5.79. The number of anilines is 1. The van der Waals surface area contributed by atoms with Crippen molar-refractivity contribution in [2.24, 2.45) is 0 Å². The fraction of sp³-hybridized carbons (Fsp3) is 0.500. The van der Waals surface area contributed by atoms with E-state index >= 15 is 0 Å². The largest absolute Gasteiger partial charge is 0.325 e. The Morgan fingerprint density at radius 3 is 2.95 bits per heavy atom. The predicted octanol–water partition coefficient (Wildman–Crippen LogP) is 3.47. The molecule has 3 nitrogen and oxygen atoms in total. The number of alkyl halides is 2. The van der Waals surface area contributed by atoms with Gasteiger partial charge in [-0.05, 0) is 37.9 Å². The van der Waals surface area contributed by atoms with E-state index in [9.17, 15) is 13.6 Å². The van der Waals surface area contributed by atoms with Crippen LogP contribution in [0.4, 0.5) is 14.5 Å². The van der Waals surface area contributed by atoms with Gasteiger partial charge in [0.05, 0.1) is 5.69 Å². The minimum absolute atomic E-state index is 0.124. The third-order valence-corrected chi connectivity index (χ3v) is 4.05. The van der Waals surface area contributed by atoms with Gasteiger partial charge in [-0.25, -0.2) is 0 Å². The number of nitrogens with one attached hydrogen (secondary N) is 2. The molecule has 1 unspecified atom stereocenters. The second kappa shape index (κ2) is 7.59. The molecule has 0 radical (unpaired) electrons. The lowest BCUT2D eigenvalue weighted by Gasteiger charge is -2.12. The van der Waals surface area contributed by atoms with Gasteiger partial charge in [-0.1, -0.05) is 23.9 Å². The molecule has 1 heterocycles. The maximum absolute atomic E-state index is 12.4. The zero-order chi connectivity index (χ0) is 14.4. The van der Waals surface area contributed by atoms with Gasteiger partial charge in [-0.2, -0.15) is 8.78 Å². The number of carbonyl (C=O) groups is 1. The van der Waals surface area contributed by atoms with Gasteiger partial charge in [0, 0.05) is 17.4 Å².